The molecule has 3 N–H and O–H groups in total. The molecule has 2 amide bonds. The van der Waals surface area contributed by atoms with Gasteiger partial charge in [-0.1, -0.05) is 42.1 Å². The van der Waals surface area contributed by atoms with Gasteiger partial charge in [0.2, 0.25) is 5.91 Å². The van der Waals surface area contributed by atoms with Gasteiger partial charge in [-0.05, 0) is 61.1 Å². The van der Waals surface area contributed by atoms with Crippen molar-refractivity contribution in [2.45, 2.75) is 44.4 Å². The molecule has 178 valence electrons. The number of thiocarbonyl (C=S) groups is 1. The molecule has 2 rings (SSSR count). The number of halogens is 1. The third-order valence-electron chi connectivity index (χ3n) is 4.37. The largest absolute Gasteiger partial charge is 0.493 e. The molecule has 0 aromatic heterocycles. The number of benzene rings is 2. The molecule has 0 bridgehead atoms. The summed E-state index contributed by atoms with van der Waals surface area (Å²) in [5.74, 6) is -0.664. The number of amides is 2. The summed E-state index contributed by atoms with van der Waals surface area (Å²) in [6, 6.07) is 10.7. The van der Waals surface area contributed by atoms with E-state index in [2.05, 4.69) is 33.5 Å². The molecule has 0 radical (unpaired) electrons. The van der Waals surface area contributed by atoms with Crippen LogP contribution in [0.2, 0.25) is 0 Å². The molecule has 0 aliphatic rings. The molecular weight excluding hydrogens is 530 g/mol. The summed E-state index contributed by atoms with van der Waals surface area (Å²) in [5.41, 5.74) is 0.796. The fourth-order valence-electron chi connectivity index (χ4n) is 2.81. The van der Waals surface area contributed by atoms with Gasteiger partial charge in [-0.3, -0.25) is 14.9 Å². The summed E-state index contributed by atoms with van der Waals surface area (Å²) in [5, 5.41) is 5.46. The van der Waals surface area contributed by atoms with Crippen LogP contribution in [0.4, 0.5) is 5.69 Å². The number of nitrogens with one attached hydrogen (secondary N) is 3. The second kappa shape index (κ2) is 12.7. The van der Waals surface area contributed by atoms with E-state index in [-0.39, 0.29) is 10.0 Å². The van der Waals surface area contributed by atoms with E-state index in [1.807, 2.05) is 4.72 Å². The van der Waals surface area contributed by atoms with Crippen molar-refractivity contribution in [1.82, 2.24) is 10.0 Å². The van der Waals surface area contributed by atoms with Crippen molar-refractivity contribution >= 4 is 60.8 Å². The van der Waals surface area contributed by atoms with E-state index in [9.17, 15) is 18.0 Å². The lowest BCUT2D eigenvalue weighted by Crippen LogP contribution is -2.34. The SMILES string of the molecule is CCCCCCOc1ccc(Br)cc1C(=O)NC(=S)Nc1ccc(S(=O)(=O)NC(C)=O)cc1. The van der Waals surface area contributed by atoms with Crippen LogP contribution in [-0.2, 0) is 14.8 Å². The zero-order valence-corrected chi connectivity index (χ0v) is 21.5. The van der Waals surface area contributed by atoms with Gasteiger partial charge in [0.1, 0.15) is 5.75 Å². The summed E-state index contributed by atoms with van der Waals surface area (Å²) in [6.07, 6.45) is 4.23. The van der Waals surface area contributed by atoms with Crippen LogP contribution < -0.4 is 20.1 Å². The zero-order chi connectivity index (χ0) is 24.4. The molecule has 0 aliphatic heterocycles. The molecule has 2 aromatic carbocycles. The summed E-state index contributed by atoms with van der Waals surface area (Å²) < 4.78 is 32.4. The van der Waals surface area contributed by atoms with E-state index in [0.29, 0.717) is 23.6 Å². The Kier molecular flexibility index (Phi) is 10.3. The number of ether oxygens (including phenoxy) is 1. The molecule has 0 aliphatic carbocycles. The van der Waals surface area contributed by atoms with Crippen LogP contribution in [0.5, 0.6) is 5.75 Å². The lowest BCUT2D eigenvalue weighted by atomic mass is 10.2. The summed E-state index contributed by atoms with van der Waals surface area (Å²) in [6.45, 7) is 3.76. The van der Waals surface area contributed by atoms with Crippen molar-refractivity contribution in [1.29, 1.82) is 0 Å². The van der Waals surface area contributed by atoms with Crippen molar-refractivity contribution in [3.8, 4) is 5.75 Å². The first-order valence-electron chi connectivity index (χ1n) is 10.3. The highest BCUT2D eigenvalue weighted by molar-refractivity contribution is 9.10. The molecule has 8 nitrogen and oxygen atoms in total. The Bertz CT molecular complexity index is 1110. The Hall–Kier alpha value is -2.50. The van der Waals surface area contributed by atoms with Gasteiger partial charge in [0.15, 0.2) is 5.11 Å². The van der Waals surface area contributed by atoms with E-state index in [0.717, 1.165) is 37.1 Å². The van der Waals surface area contributed by atoms with Gasteiger partial charge in [0.05, 0.1) is 17.1 Å². The maximum absolute atomic E-state index is 12.8. The molecule has 0 atom stereocenters. The number of carbonyl (C=O) groups excluding carboxylic acids is 2. The summed E-state index contributed by atoms with van der Waals surface area (Å²) in [4.78, 5) is 23.7. The van der Waals surface area contributed by atoms with Gasteiger partial charge >= 0.3 is 0 Å². The zero-order valence-electron chi connectivity index (χ0n) is 18.3. The number of hydrogen-bond acceptors (Lipinski definition) is 6. The quantitative estimate of drug-likeness (QED) is 0.294. The van der Waals surface area contributed by atoms with Gasteiger partial charge in [0, 0.05) is 17.1 Å². The van der Waals surface area contributed by atoms with E-state index in [1.54, 1.807) is 18.2 Å². The van der Waals surface area contributed by atoms with Crippen LogP contribution in [0.3, 0.4) is 0 Å². The molecular formula is C22H26BrN3O5S2. The summed E-state index contributed by atoms with van der Waals surface area (Å²) in [7, 11) is -3.93. The minimum atomic E-state index is -3.93. The Balaban J connectivity index is 2.01. The van der Waals surface area contributed by atoms with Crippen LogP contribution in [-0.4, -0.2) is 32.0 Å². The predicted octanol–water partition coefficient (Wildman–Crippen LogP) is 4.36. The molecule has 0 fully saturated rings. The van der Waals surface area contributed by atoms with Gasteiger partial charge in [-0.25, -0.2) is 13.1 Å². The number of unbranched alkanes of at least 4 members (excludes halogenated alkanes) is 3. The fraction of sp³-hybridized carbons (Fsp3) is 0.318. The normalized spacial score (nSPS) is 10.9. The molecule has 11 heteroatoms. The second-order valence-corrected chi connectivity index (χ2v) is 10.2. The number of rotatable bonds is 10. The molecule has 0 unspecified atom stereocenters. The highest BCUT2D eigenvalue weighted by atomic mass is 79.9. The fourth-order valence-corrected chi connectivity index (χ4v) is 4.38. The van der Waals surface area contributed by atoms with Crippen molar-refractivity contribution in [2.75, 3.05) is 11.9 Å². The summed E-state index contributed by atoms with van der Waals surface area (Å²) >= 11 is 8.58. The minimum absolute atomic E-state index is 0.0336. The van der Waals surface area contributed by atoms with Crippen LogP contribution in [0.15, 0.2) is 51.8 Å². The van der Waals surface area contributed by atoms with E-state index in [1.165, 1.54) is 24.3 Å². The maximum atomic E-state index is 12.8. The third-order valence-corrected chi connectivity index (χ3v) is 6.52. The third kappa shape index (κ3) is 8.75. The lowest BCUT2D eigenvalue weighted by molar-refractivity contribution is -0.117. The van der Waals surface area contributed by atoms with Crippen LogP contribution in [0, 0.1) is 0 Å². The Labute approximate surface area is 207 Å². The molecule has 33 heavy (non-hydrogen) atoms. The number of carbonyl (C=O) groups is 2. The van der Waals surface area contributed by atoms with Crippen LogP contribution >= 0.6 is 28.1 Å². The standard InChI is InChI=1S/C22H26BrN3O5S2/c1-3-4-5-6-13-31-20-12-7-16(23)14-19(20)21(28)25-22(32)24-17-8-10-18(11-9-17)33(29,30)26-15(2)27/h7-12,14H,3-6,13H2,1-2H3,(H,26,27)(H2,24,25,28,32). The second-order valence-electron chi connectivity index (χ2n) is 7.14. The highest BCUT2D eigenvalue weighted by Crippen LogP contribution is 2.24. The molecule has 0 heterocycles. The number of sulfonamides is 1. The Morgan fingerprint density at radius 2 is 1.76 bits per heavy atom. The van der Waals surface area contributed by atoms with Crippen molar-refractivity contribution in [3.63, 3.8) is 0 Å². The van der Waals surface area contributed by atoms with E-state index < -0.39 is 21.8 Å². The number of anilines is 1. The molecule has 2 aromatic rings. The van der Waals surface area contributed by atoms with Gasteiger partial charge in [-0.15, -0.1) is 0 Å². The molecule has 0 spiro atoms. The average Bonchev–Trinajstić information content (AvgIpc) is 2.73. The van der Waals surface area contributed by atoms with Gasteiger partial charge < -0.3 is 10.1 Å². The first-order valence-corrected chi connectivity index (χ1v) is 13.0. The topological polar surface area (TPSA) is 114 Å². The van der Waals surface area contributed by atoms with Crippen molar-refractivity contribution in [2.24, 2.45) is 0 Å². The minimum Gasteiger partial charge on any atom is -0.493 e. The first kappa shape index (κ1) is 26.7. The van der Waals surface area contributed by atoms with E-state index in [4.69, 9.17) is 17.0 Å². The van der Waals surface area contributed by atoms with Crippen LogP contribution in [0.25, 0.3) is 0 Å². The molecule has 0 saturated carbocycles. The van der Waals surface area contributed by atoms with Gasteiger partial charge in [0.25, 0.3) is 15.9 Å². The van der Waals surface area contributed by atoms with E-state index >= 15 is 0 Å². The maximum Gasteiger partial charge on any atom is 0.264 e. The Morgan fingerprint density at radius 1 is 1.06 bits per heavy atom. The monoisotopic (exact) mass is 555 g/mol. The lowest BCUT2D eigenvalue weighted by Gasteiger charge is -2.14. The molecule has 0 saturated heterocycles. The Morgan fingerprint density at radius 3 is 2.39 bits per heavy atom. The highest BCUT2D eigenvalue weighted by Gasteiger charge is 2.17. The first-order chi connectivity index (χ1) is 15.6. The number of hydrogen-bond donors (Lipinski definition) is 3. The van der Waals surface area contributed by atoms with Crippen molar-refractivity contribution < 1.29 is 22.7 Å². The average molecular weight is 557 g/mol. The van der Waals surface area contributed by atoms with Crippen molar-refractivity contribution in [3.05, 3.63) is 52.5 Å². The van der Waals surface area contributed by atoms with Crippen LogP contribution in [0.1, 0.15) is 49.9 Å². The predicted molar refractivity (Wildman–Crippen MR) is 135 cm³/mol. The van der Waals surface area contributed by atoms with Gasteiger partial charge in [-0.2, -0.15) is 0 Å². The smallest absolute Gasteiger partial charge is 0.264 e.